The van der Waals surface area contributed by atoms with Crippen LogP contribution in [0.1, 0.15) is 153 Å². The minimum Gasteiger partial charge on any atom is -0.0623 e. The molecule has 3 aliphatic carbocycles. The Bertz CT molecular complexity index is 738. The van der Waals surface area contributed by atoms with Gasteiger partial charge in [-0.1, -0.05) is 170 Å². The zero-order valence-electron chi connectivity index (χ0n) is 24.1. The first-order chi connectivity index (χ1) is 18.4. The van der Waals surface area contributed by atoms with Crippen molar-refractivity contribution in [1.29, 1.82) is 0 Å². The molecule has 3 saturated carbocycles. The van der Waals surface area contributed by atoms with Crippen molar-refractivity contribution < 1.29 is 0 Å². The summed E-state index contributed by atoms with van der Waals surface area (Å²) in [5.74, 6) is 4.69. The van der Waals surface area contributed by atoms with E-state index in [-0.39, 0.29) is 0 Å². The highest BCUT2D eigenvalue weighted by molar-refractivity contribution is 5.17. The lowest BCUT2D eigenvalue weighted by Gasteiger charge is -2.35. The van der Waals surface area contributed by atoms with Crippen molar-refractivity contribution in [2.24, 2.45) is 23.7 Å². The van der Waals surface area contributed by atoms with Gasteiger partial charge in [0.2, 0.25) is 0 Å². The van der Waals surface area contributed by atoms with Gasteiger partial charge >= 0.3 is 0 Å². The molecular formula is C37H58. The van der Waals surface area contributed by atoms with Crippen LogP contribution in [0.2, 0.25) is 0 Å². The second-order valence-electron chi connectivity index (χ2n) is 13.1. The SMILES string of the molecule is c1ccccc(C2CCCCCC(C3CCCCC3)CCC(C3CCCCCCCCC3)C2)cccc1. The molecule has 0 amide bonds. The molecule has 3 aliphatic rings. The Morgan fingerprint density at radius 2 is 0.676 bits per heavy atom. The monoisotopic (exact) mass is 502 g/mol. The van der Waals surface area contributed by atoms with Gasteiger partial charge < -0.3 is 0 Å². The Morgan fingerprint density at radius 1 is 0.324 bits per heavy atom. The molecule has 0 nitrogen and oxygen atoms in total. The lowest BCUT2D eigenvalue weighted by atomic mass is 9.71. The van der Waals surface area contributed by atoms with Gasteiger partial charge in [0.05, 0.1) is 0 Å². The van der Waals surface area contributed by atoms with Crippen molar-refractivity contribution in [3.63, 3.8) is 0 Å². The van der Waals surface area contributed by atoms with Crippen LogP contribution in [0.4, 0.5) is 0 Å². The fraction of sp³-hybridized carbons (Fsp3) is 0.730. The van der Waals surface area contributed by atoms with E-state index in [0.717, 1.165) is 29.6 Å². The smallest absolute Gasteiger partial charge is 0.0159 e. The Labute approximate surface area is 230 Å². The Kier molecular flexibility index (Phi) is 13.4. The largest absolute Gasteiger partial charge is 0.0623 e. The average molecular weight is 503 g/mol. The summed E-state index contributed by atoms with van der Waals surface area (Å²) in [6.07, 6.45) is 32.7. The summed E-state index contributed by atoms with van der Waals surface area (Å²) in [5, 5.41) is 0. The van der Waals surface area contributed by atoms with E-state index in [9.17, 15) is 0 Å². The van der Waals surface area contributed by atoms with Gasteiger partial charge in [-0.2, -0.15) is 0 Å². The maximum Gasteiger partial charge on any atom is -0.0159 e. The minimum absolute atomic E-state index is 0.726. The van der Waals surface area contributed by atoms with Crippen LogP contribution in [-0.4, -0.2) is 0 Å². The molecule has 3 unspecified atom stereocenters. The molecule has 0 radical (unpaired) electrons. The summed E-state index contributed by atoms with van der Waals surface area (Å²) in [5.41, 5.74) is 1.59. The van der Waals surface area contributed by atoms with Crippen LogP contribution in [-0.2, 0) is 0 Å². The molecule has 3 atom stereocenters. The summed E-state index contributed by atoms with van der Waals surface area (Å²) in [6.45, 7) is 0. The highest BCUT2D eigenvalue weighted by Gasteiger charge is 2.29. The Hall–Kier alpha value is -1.30. The Balaban J connectivity index is 1.56. The normalized spacial score (nSPS) is 28.4. The van der Waals surface area contributed by atoms with Crippen LogP contribution < -0.4 is 0 Å². The van der Waals surface area contributed by atoms with Crippen molar-refractivity contribution in [1.82, 2.24) is 0 Å². The van der Waals surface area contributed by atoms with Gasteiger partial charge in [0, 0.05) is 0 Å². The lowest BCUT2D eigenvalue weighted by Crippen LogP contribution is -2.23. The van der Waals surface area contributed by atoms with Crippen LogP contribution in [0.25, 0.3) is 0 Å². The highest BCUT2D eigenvalue weighted by Crippen LogP contribution is 2.43. The van der Waals surface area contributed by atoms with Crippen molar-refractivity contribution >= 4 is 0 Å². The molecule has 0 N–H and O–H groups in total. The van der Waals surface area contributed by atoms with E-state index in [2.05, 4.69) is 54.6 Å². The van der Waals surface area contributed by atoms with E-state index in [4.69, 9.17) is 0 Å². The molecular weight excluding hydrogens is 444 g/mol. The van der Waals surface area contributed by atoms with E-state index in [0.29, 0.717) is 0 Å². The molecule has 0 aromatic heterocycles. The van der Waals surface area contributed by atoms with Crippen LogP contribution >= 0.6 is 0 Å². The topological polar surface area (TPSA) is 0 Å². The maximum atomic E-state index is 2.44. The van der Waals surface area contributed by atoms with Gasteiger partial charge in [-0.25, -0.2) is 0 Å². The van der Waals surface area contributed by atoms with Gasteiger partial charge in [-0.05, 0) is 60.8 Å². The first-order valence-electron chi connectivity index (χ1n) is 16.8. The summed E-state index contributed by atoms with van der Waals surface area (Å²) >= 11 is 0. The van der Waals surface area contributed by atoms with Crippen molar-refractivity contribution in [2.75, 3.05) is 0 Å². The summed E-state index contributed by atoms with van der Waals surface area (Å²) in [7, 11) is 0. The Morgan fingerprint density at radius 3 is 1.22 bits per heavy atom. The quantitative estimate of drug-likeness (QED) is 0.385. The molecule has 0 heteroatoms. The van der Waals surface area contributed by atoms with Gasteiger partial charge in [-0.3, -0.25) is 0 Å². The zero-order chi connectivity index (χ0) is 25.4. The molecule has 206 valence electrons. The number of rotatable bonds is 3. The average Bonchev–Trinajstić information content (AvgIpc) is 2.99. The molecule has 1 aromatic carbocycles. The fourth-order valence-electron chi connectivity index (χ4n) is 8.25. The van der Waals surface area contributed by atoms with Crippen LogP contribution in [0.3, 0.4) is 0 Å². The first kappa shape index (κ1) is 28.7. The van der Waals surface area contributed by atoms with E-state index in [1.165, 1.54) is 141 Å². The second-order valence-corrected chi connectivity index (χ2v) is 13.1. The van der Waals surface area contributed by atoms with E-state index in [1.807, 2.05) is 0 Å². The van der Waals surface area contributed by atoms with Crippen LogP contribution in [0.15, 0.2) is 54.6 Å². The van der Waals surface area contributed by atoms with Gasteiger partial charge in [0.25, 0.3) is 0 Å². The molecule has 4 rings (SSSR count). The van der Waals surface area contributed by atoms with Crippen molar-refractivity contribution in [3.8, 4) is 0 Å². The van der Waals surface area contributed by atoms with Gasteiger partial charge in [-0.15, -0.1) is 0 Å². The third-order valence-corrected chi connectivity index (χ3v) is 10.5. The third kappa shape index (κ3) is 10.4. The number of hydrogen-bond acceptors (Lipinski definition) is 0. The van der Waals surface area contributed by atoms with Crippen LogP contribution in [0.5, 0.6) is 0 Å². The van der Waals surface area contributed by atoms with Gasteiger partial charge in [0.15, 0.2) is 0 Å². The first-order valence-corrected chi connectivity index (χ1v) is 16.8. The molecule has 0 aliphatic heterocycles. The lowest BCUT2D eigenvalue weighted by molar-refractivity contribution is 0.178. The van der Waals surface area contributed by atoms with Crippen LogP contribution in [0, 0.1) is 23.7 Å². The maximum absolute atomic E-state index is 2.44. The molecule has 3 fully saturated rings. The van der Waals surface area contributed by atoms with E-state index < -0.39 is 0 Å². The molecule has 0 saturated heterocycles. The van der Waals surface area contributed by atoms with Gasteiger partial charge in [0.1, 0.15) is 0 Å². The predicted molar refractivity (Wildman–Crippen MR) is 162 cm³/mol. The third-order valence-electron chi connectivity index (χ3n) is 10.5. The molecule has 0 spiro atoms. The predicted octanol–water partition coefficient (Wildman–Crippen LogP) is 12.0. The van der Waals surface area contributed by atoms with E-state index >= 15 is 0 Å². The zero-order valence-corrected chi connectivity index (χ0v) is 24.1. The summed E-state index contributed by atoms with van der Waals surface area (Å²) in [4.78, 5) is 0. The second kappa shape index (κ2) is 17.3. The summed E-state index contributed by atoms with van der Waals surface area (Å²) < 4.78 is 0. The minimum atomic E-state index is 0.726. The highest BCUT2D eigenvalue weighted by atomic mass is 14.3. The molecule has 0 heterocycles. The number of hydrogen-bond donors (Lipinski definition) is 0. The fourth-order valence-corrected chi connectivity index (χ4v) is 8.25. The standard InChI is InChI=1S/C37H58/c1-3-7-13-23-33(24-14-8-4-1)36-28-20-12-19-27-35(32-21-17-11-18-22-32)29-30-37(31-36)34-25-15-9-5-2-6-10-16-26-34/h1,3-4,7-8,13-14,23-24,32,34-37H,2,5-6,9-12,15-22,25-31H2. The molecule has 37 heavy (non-hydrogen) atoms. The van der Waals surface area contributed by atoms with E-state index in [1.54, 1.807) is 5.56 Å². The van der Waals surface area contributed by atoms with Crippen molar-refractivity contribution in [2.45, 2.75) is 147 Å². The molecule has 1 aromatic rings. The molecule has 0 bridgehead atoms. The summed E-state index contributed by atoms with van der Waals surface area (Å²) in [6, 6.07) is 20.3. The van der Waals surface area contributed by atoms with Crippen molar-refractivity contribution in [3.05, 3.63) is 60.2 Å².